The molecule has 1 aromatic heterocycles. The first-order chi connectivity index (χ1) is 15.0. The van der Waals surface area contributed by atoms with E-state index in [1.807, 2.05) is 0 Å². The summed E-state index contributed by atoms with van der Waals surface area (Å²) in [6.07, 6.45) is -3.61. The molecule has 2 atom stereocenters. The van der Waals surface area contributed by atoms with Crippen molar-refractivity contribution in [2.75, 3.05) is 13.1 Å². The van der Waals surface area contributed by atoms with Crippen LogP contribution in [0.15, 0.2) is 46.0 Å². The molecule has 3 rings (SSSR count). The molecular formula is C20H22F3N3O4S2. The van der Waals surface area contributed by atoms with Crippen molar-refractivity contribution < 1.29 is 31.2 Å². The van der Waals surface area contributed by atoms with Crippen molar-refractivity contribution in [1.29, 1.82) is 0 Å². The van der Waals surface area contributed by atoms with Crippen LogP contribution < -0.4 is 10.0 Å². The predicted octanol–water partition coefficient (Wildman–Crippen LogP) is 2.91. The molecule has 32 heavy (non-hydrogen) atoms. The number of nitrogens with one attached hydrogen (secondary N) is 2. The number of sulfonamides is 1. The third-order valence-corrected chi connectivity index (χ3v) is 7.93. The smallest absolute Gasteiger partial charge is 0.346 e. The topological polar surface area (TPSA) is 95.6 Å². The summed E-state index contributed by atoms with van der Waals surface area (Å²) < 4.78 is 66.6. The number of carbonyl (C=O) groups is 2. The second-order valence-electron chi connectivity index (χ2n) is 7.40. The van der Waals surface area contributed by atoms with Gasteiger partial charge in [0, 0.05) is 19.5 Å². The molecular weight excluding hydrogens is 467 g/mol. The molecule has 0 saturated carbocycles. The molecule has 174 valence electrons. The van der Waals surface area contributed by atoms with Crippen LogP contribution in [0.3, 0.4) is 0 Å². The molecule has 1 aromatic carbocycles. The Hall–Kier alpha value is -2.44. The highest BCUT2D eigenvalue weighted by atomic mass is 32.2. The average molecular weight is 490 g/mol. The lowest BCUT2D eigenvalue weighted by Crippen LogP contribution is -2.47. The number of alkyl halides is 3. The van der Waals surface area contributed by atoms with Gasteiger partial charge in [-0.15, -0.1) is 11.3 Å². The van der Waals surface area contributed by atoms with Gasteiger partial charge >= 0.3 is 6.18 Å². The molecule has 1 aliphatic rings. The maximum Gasteiger partial charge on any atom is 0.416 e. The molecule has 0 radical (unpaired) electrons. The second kappa shape index (κ2) is 9.59. The number of nitrogens with zero attached hydrogens (tertiary/aromatic N) is 1. The summed E-state index contributed by atoms with van der Waals surface area (Å²) in [6, 6.07) is 5.31. The molecule has 2 N–H and O–H groups in total. The number of halogens is 3. The number of rotatable bonds is 8. The number of thiophene rings is 1. The zero-order chi connectivity index (χ0) is 23.5. The van der Waals surface area contributed by atoms with E-state index in [2.05, 4.69) is 10.0 Å². The number of likely N-dealkylation sites (tertiary alicyclic amines) is 1. The normalized spacial score (nSPS) is 16.8. The van der Waals surface area contributed by atoms with Crippen LogP contribution in [0.1, 0.15) is 36.9 Å². The highest BCUT2D eigenvalue weighted by Gasteiger charge is 2.33. The van der Waals surface area contributed by atoms with Gasteiger partial charge < -0.3 is 10.2 Å². The van der Waals surface area contributed by atoms with E-state index in [0.717, 1.165) is 23.5 Å². The van der Waals surface area contributed by atoms with Gasteiger partial charge in [0.2, 0.25) is 11.8 Å². The number of carbonyl (C=O) groups excluding carboxylic acids is 2. The minimum Gasteiger partial charge on any atom is -0.346 e. The van der Waals surface area contributed by atoms with Gasteiger partial charge in [-0.05, 0) is 42.5 Å². The summed E-state index contributed by atoms with van der Waals surface area (Å²) in [6.45, 7) is 1.76. The maximum absolute atomic E-state index is 13.2. The minimum atomic E-state index is -4.57. The van der Waals surface area contributed by atoms with E-state index < -0.39 is 39.8 Å². The molecule has 1 saturated heterocycles. The van der Waals surface area contributed by atoms with Crippen molar-refractivity contribution in [2.24, 2.45) is 0 Å². The fourth-order valence-electron chi connectivity index (χ4n) is 3.34. The van der Waals surface area contributed by atoms with Crippen LogP contribution in [0.25, 0.3) is 0 Å². The summed E-state index contributed by atoms with van der Waals surface area (Å²) in [5.74, 6) is -0.873. The van der Waals surface area contributed by atoms with E-state index in [1.54, 1.807) is 11.4 Å². The monoisotopic (exact) mass is 489 g/mol. The second-order valence-corrected chi connectivity index (χ2v) is 10.3. The Bertz CT molecular complexity index is 1070. The highest BCUT2D eigenvalue weighted by Crippen LogP contribution is 2.31. The predicted molar refractivity (Wildman–Crippen MR) is 112 cm³/mol. The number of benzene rings is 1. The van der Waals surface area contributed by atoms with Crippen molar-refractivity contribution in [2.45, 2.75) is 42.2 Å². The van der Waals surface area contributed by atoms with E-state index in [0.29, 0.717) is 19.4 Å². The van der Waals surface area contributed by atoms with E-state index >= 15 is 0 Å². The van der Waals surface area contributed by atoms with E-state index in [4.69, 9.17) is 0 Å². The molecule has 1 fully saturated rings. The van der Waals surface area contributed by atoms with Gasteiger partial charge in [-0.3, -0.25) is 9.59 Å². The van der Waals surface area contributed by atoms with Crippen LogP contribution in [-0.2, 0) is 25.8 Å². The maximum atomic E-state index is 13.2. The van der Waals surface area contributed by atoms with E-state index in [9.17, 15) is 31.2 Å². The average Bonchev–Trinajstić information content (AvgIpc) is 3.39. The van der Waals surface area contributed by atoms with Crippen LogP contribution in [0.5, 0.6) is 0 Å². The molecule has 2 heterocycles. The first kappa shape index (κ1) is 24.2. The standard InChI is InChI=1S/C20H22F3N3O4S2/c1-13(25-32(29,30)18-8-4-10-31-18)19(28)24-16(12-26-9-3-7-17(26)27)14-5-2-6-15(11-14)20(21,22)23/h2,4-6,8,10-11,13,16,25H,3,7,9,12H2,1H3,(H,24,28). The summed E-state index contributed by atoms with van der Waals surface area (Å²) in [7, 11) is -3.92. The van der Waals surface area contributed by atoms with Crippen molar-refractivity contribution in [1.82, 2.24) is 14.9 Å². The SMILES string of the molecule is CC(NS(=O)(=O)c1cccs1)C(=O)NC(CN1CCCC1=O)c1cccc(C(F)(F)F)c1. The lowest BCUT2D eigenvalue weighted by atomic mass is 10.0. The van der Waals surface area contributed by atoms with Crippen LogP contribution in [0, 0.1) is 0 Å². The van der Waals surface area contributed by atoms with Crippen LogP contribution in [0.4, 0.5) is 13.2 Å². The van der Waals surface area contributed by atoms with Crippen molar-refractivity contribution >= 4 is 33.2 Å². The summed E-state index contributed by atoms with van der Waals surface area (Å²) in [5, 5.41) is 4.18. The Balaban J connectivity index is 1.80. The van der Waals surface area contributed by atoms with E-state index in [1.165, 1.54) is 30.0 Å². The van der Waals surface area contributed by atoms with Crippen LogP contribution >= 0.6 is 11.3 Å². The Morgan fingerprint density at radius 2 is 2.00 bits per heavy atom. The highest BCUT2D eigenvalue weighted by molar-refractivity contribution is 7.91. The van der Waals surface area contributed by atoms with Gasteiger partial charge in [0.25, 0.3) is 10.0 Å². The van der Waals surface area contributed by atoms with Gasteiger partial charge in [0.1, 0.15) is 4.21 Å². The summed E-state index contributed by atoms with van der Waals surface area (Å²) in [4.78, 5) is 26.3. The Morgan fingerprint density at radius 3 is 2.59 bits per heavy atom. The third-order valence-electron chi connectivity index (χ3n) is 4.99. The zero-order valence-corrected chi connectivity index (χ0v) is 18.7. The van der Waals surface area contributed by atoms with Crippen LogP contribution in [-0.4, -0.2) is 44.3 Å². The van der Waals surface area contributed by atoms with Gasteiger partial charge in [-0.25, -0.2) is 8.42 Å². The van der Waals surface area contributed by atoms with Crippen molar-refractivity contribution in [3.05, 3.63) is 52.9 Å². The quantitative estimate of drug-likeness (QED) is 0.596. The Labute approximate surface area is 187 Å². The molecule has 0 aliphatic carbocycles. The first-order valence-corrected chi connectivity index (χ1v) is 12.1. The molecule has 2 aromatic rings. The Kier molecular flexibility index (Phi) is 7.25. The van der Waals surface area contributed by atoms with E-state index in [-0.39, 0.29) is 22.2 Å². The lowest BCUT2D eigenvalue weighted by Gasteiger charge is -2.27. The zero-order valence-electron chi connectivity index (χ0n) is 17.1. The third kappa shape index (κ3) is 5.87. The molecule has 7 nitrogen and oxygen atoms in total. The first-order valence-electron chi connectivity index (χ1n) is 9.78. The van der Waals surface area contributed by atoms with Gasteiger partial charge in [0.15, 0.2) is 0 Å². The van der Waals surface area contributed by atoms with Crippen LogP contribution in [0.2, 0.25) is 0 Å². The van der Waals surface area contributed by atoms with Gasteiger partial charge in [-0.2, -0.15) is 17.9 Å². The fourth-order valence-corrected chi connectivity index (χ4v) is 5.55. The van der Waals surface area contributed by atoms with Crippen molar-refractivity contribution in [3.63, 3.8) is 0 Å². The van der Waals surface area contributed by atoms with Gasteiger partial charge in [0.05, 0.1) is 17.6 Å². The lowest BCUT2D eigenvalue weighted by molar-refractivity contribution is -0.137. The number of hydrogen-bond acceptors (Lipinski definition) is 5. The molecule has 2 amide bonds. The minimum absolute atomic E-state index is 0.0176. The molecule has 0 bridgehead atoms. The molecule has 2 unspecified atom stereocenters. The van der Waals surface area contributed by atoms with Crippen molar-refractivity contribution in [3.8, 4) is 0 Å². The summed E-state index contributed by atoms with van der Waals surface area (Å²) >= 11 is 0.987. The molecule has 0 spiro atoms. The molecule has 1 aliphatic heterocycles. The summed E-state index contributed by atoms with van der Waals surface area (Å²) in [5.41, 5.74) is -0.713. The molecule has 12 heteroatoms. The Morgan fingerprint density at radius 1 is 1.25 bits per heavy atom. The van der Waals surface area contributed by atoms with Gasteiger partial charge in [-0.1, -0.05) is 18.2 Å². The number of hydrogen-bond donors (Lipinski definition) is 2. The number of amides is 2. The fraction of sp³-hybridized carbons (Fsp3) is 0.400. The largest absolute Gasteiger partial charge is 0.416 e.